The lowest BCUT2D eigenvalue weighted by Gasteiger charge is -2.25. The van der Waals surface area contributed by atoms with Crippen LogP contribution in [-0.4, -0.2) is 32.2 Å². The van der Waals surface area contributed by atoms with Gasteiger partial charge in [0, 0.05) is 11.6 Å². The number of nitrogens with zero attached hydrogens (tertiary/aromatic N) is 1. The third-order valence-corrected chi connectivity index (χ3v) is 3.57. The number of hydrogen-bond donors (Lipinski definition) is 0. The van der Waals surface area contributed by atoms with Crippen molar-refractivity contribution in [1.82, 2.24) is 4.90 Å². The average Bonchev–Trinajstić information content (AvgIpc) is 2.86. The summed E-state index contributed by atoms with van der Waals surface area (Å²) in [5, 5.41) is 0. The van der Waals surface area contributed by atoms with Crippen molar-refractivity contribution >= 4 is 0 Å². The van der Waals surface area contributed by atoms with Gasteiger partial charge in [0.2, 0.25) is 0 Å². The second-order valence-electron chi connectivity index (χ2n) is 4.39. The first-order valence-corrected chi connectivity index (χ1v) is 6.26. The Hall–Kier alpha value is -1.22. The standard InChI is InChI=1S/C14H21NO2/c1-4-15-9-5-6-13(15)12-10-11(16-2)7-8-14(12)17-3/h7-8,10,13H,4-6,9H2,1-3H3/t13-/m0/s1. The minimum atomic E-state index is 0.477. The van der Waals surface area contributed by atoms with Crippen LogP contribution in [0.1, 0.15) is 31.4 Å². The van der Waals surface area contributed by atoms with Crippen LogP contribution in [0.3, 0.4) is 0 Å². The van der Waals surface area contributed by atoms with Crippen LogP contribution < -0.4 is 9.47 Å². The Kier molecular flexibility index (Phi) is 3.89. The van der Waals surface area contributed by atoms with Gasteiger partial charge in [-0.15, -0.1) is 0 Å². The van der Waals surface area contributed by atoms with Crippen LogP contribution in [0, 0.1) is 0 Å². The molecule has 1 aromatic carbocycles. The number of ether oxygens (including phenoxy) is 2. The molecule has 0 aromatic heterocycles. The highest BCUT2D eigenvalue weighted by molar-refractivity contribution is 5.42. The van der Waals surface area contributed by atoms with E-state index in [1.165, 1.54) is 24.9 Å². The molecule has 17 heavy (non-hydrogen) atoms. The SMILES string of the molecule is CCN1CCC[C@H]1c1cc(OC)ccc1OC. The van der Waals surface area contributed by atoms with Crippen molar-refractivity contribution in [2.24, 2.45) is 0 Å². The molecule has 0 aliphatic carbocycles. The third-order valence-electron chi connectivity index (χ3n) is 3.57. The van der Waals surface area contributed by atoms with Gasteiger partial charge in [0.1, 0.15) is 11.5 Å². The van der Waals surface area contributed by atoms with Gasteiger partial charge in [-0.2, -0.15) is 0 Å². The molecule has 0 amide bonds. The van der Waals surface area contributed by atoms with E-state index in [4.69, 9.17) is 9.47 Å². The van der Waals surface area contributed by atoms with Gasteiger partial charge in [-0.1, -0.05) is 6.92 Å². The molecule has 1 fully saturated rings. The molecule has 0 radical (unpaired) electrons. The van der Waals surface area contributed by atoms with E-state index < -0.39 is 0 Å². The van der Waals surface area contributed by atoms with E-state index in [0.717, 1.165) is 18.0 Å². The van der Waals surface area contributed by atoms with Crippen molar-refractivity contribution in [3.63, 3.8) is 0 Å². The fourth-order valence-corrected chi connectivity index (χ4v) is 2.66. The fourth-order valence-electron chi connectivity index (χ4n) is 2.66. The molecule has 0 saturated carbocycles. The van der Waals surface area contributed by atoms with Crippen LogP contribution >= 0.6 is 0 Å². The summed E-state index contributed by atoms with van der Waals surface area (Å²) in [4.78, 5) is 2.50. The van der Waals surface area contributed by atoms with Gasteiger partial charge >= 0.3 is 0 Å². The van der Waals surface area contributed by atoms with Gasteiger partial charge < -0.3 is 9.47 Å². The molecule has 0 bridgehead atoms. The zero-order valence-corrected chi connectivity index (χ0v) is 10.9. The topological polar surface area (TPSA) is 21.7 Å². The summed E-state index contributed by atoms with van der Waals surface area (Å²) in [5.41, 5.74) is 1.26. The largest absolute Gasteiger partial charge is 0.497 e. The number of likely N-dealkylation sites (tertiary alicyclic amines) is 1. The monoisotopic (exact) mass is 235 g/mol. The van der Waals surface area contributed by atoms with E-state index in [2.05, 4.69) is 17.9 Å². The van der Waals surface area contributed by atoms with E-state index in [-0.39, 0.29) is 0 Å². The molecule has 94 valence electrons. The van der Waals surface area contributed by atoms with Crippen LogP contribution in [0.5, 0.6) is 11.5 Å². The van der Waals surface area contributed by atoms with Crippen LogP contribution in [0.4, 0.5) is 0 Å². The Morgan fingerprint density at radius 1 is 1.29 bits per heavy atom. The van der Waals surface area contributed by atoms with E-state index in [1.807, 2.05) is 12.1 Å². The Morgan fingerprint density at radius 3 is 2.76 bits per heavy atom. The first kappa shape index (κ1) is 12.2. The summed E-state index contributed by atoms with van der Waals surface area (Å²) < 4.78 is 10.8. The van der Waals surface area contributed by atoms with E-state index in [0.29, 0.717) is 6.04 Å². The fraction of sp³-hybridized carbons (Fsp3) is 0.571. The molecule has 0 spiro atoms. The quantitative estimate of drug-likeness (QED) is 0.801. The first-order chi connectivity index (χ1) is 8.30. The average molecular weight is 235 g/mol. The van der Waals surface area contributed by atoms with Gasteiger partial charge in [-0.25, -0.2) is 0 Å². The summed E-state index contributed by atoms with van der Waals surface area (Å²) in [6.07, 6.45) is 2.47. The molecule has 1 aliphatic rings. The Balaban J connectivity index is 2.34. The zero-order chi connectivity index (χ0) is 12.3. The normalized spacial score (nSPS) is 20.5. The highest BCUT2D eigenvalue weighted by atomic mass is 16.5. The van der Waals surface area contributed by atoms with Crippen LogP contribution in [0.2, 0.25) is 0 Å². The lowest BCUT2D eigenvalue weighted by molar-refractivity contribution is 0.264. The molecule has 0 unspecified atom stereocenters. The molecule has 3 heteroatoms. The van der Waals surface area contributed by atoms with E-state index in [9.17, 15) is 0 Å². The molecule has 1 heterocycles. The summed E-state index contributed by atoms with van der Waals surface area (Å²) in [6, 6.07) is 6.54. The maximum absolute atomic E-state index is 5.47. The maximum Gasteiger partial charge on any atom is 0.123 e. The zero-order valence-electron chi connectivity index (χ0n) is 10.9. The second kappa shape index (κ2) is 5.41. The summed E-state index contributed by atoms with van der Waals surface area (Å²) in [7, 11) is 3.44. The highest BCUT2D eigenvalue weighted by Crippen LogP contribution is 2.38. The molecule has 1 atom stereocenters. The summed E-state index contributed by atoms with van der Waals surface area (Å²) in [5.74, 6) is 1.87. The lowest BCUT2D eigenvalue weighted by Crippen LogP contribution is -2.23. The molecule has 2 rings (SSSR count). The van der Waals surface area contributed by atoms with Crippen molar-refractivity contribution in [3.8, 4) is 11.5 Å². The highest BCUT2D eigenvalue weighted by Gasteiger charge is 2.27. The Labute approximate surface area is 103 Å². The molecular formula is C14H21NO2. The minimum absolute atomic E-state index is 0.477. The molecule has 1 aliphatic heterocycles. The van der Waals surface area contributed by atoms with Gasteiger partial charge in [0.15, 0.2) is 0 Å². The van der Waals surface area contributed by atoms with Crippen molar-refractivity contribution in [3.05, 3.63) is 23.8 Å². The van der Waals surface area contributed by atoms with Gasteiger partial charge in [0.25, 0.3) is 0 Å². The number of rotatable bonds is 4. The van der Waals surface area contributed by atoms with Crippen molar-refractivity contribution in [1.29, 1.82) is 0 Å². The van der Waals surface area contributed by atoms with Gasteiger partial charge in [0.05, 0.1) is 14.2 Å². The predicted molar refractivity (Wildman–Crippen MR) is 68.8 cm³/mol. The number of methoxy groups -OCH3 is 2. The van der Waals surface area contributed by atoms with Gasteiger partial charge in [-0.3, -0.25) is 4.90 Å². The lowest BCUT2D eigenvalue weighted by atomic mass is 10.0. The minimum Gasteiger partial charge on any atom is -0.497 e. The number of hydrogen-bond acceptors (Lipinski definition) is 3. The molecule has 1 saturated heterocycles. The Morgan fingerprint density at radius 2 is 2.12 bits per heavy atom. The third kappa shape index (κ3) is 2.39. The molecule has 3 nitrogen and oxygen atoms in total. The smallest absolute Gasteiger partial charge is 0.123 e. The van der Waals surface area contributed by atoms with E-state index in [1.54, 1.807) is 14.2 Å². The van der Waals surface area contributed by atoms with Crippen LogP contribution in [0.15, 0.2) is 18.2 Å². The molecular weight excluding hydrogens is 214 g/mol. The summed E-state index contributed by atoms with van der Waals surface area (Å²) in [6.45, 7) is 4.48. The first-order valence-electron chi connectivity index (χ1n) is 6.26. The Bertz CT molecular complexity index is 378. The van der Waals surface area contributed by atoms with Crippen molar-refractivity contribution in [2.75, 3.05) is 27.3 Å². The van der Waals surface area contributed by atoms with Crippen molar-refractivity contribution in [2.45, 2.75) is 25.8 Å². The number of benzene rings is 1. The second-order valence-corrected chi connectivity index (χ2v) is 4.39. The van der Waals surface area contributed by atoms with Crippen molar-refractivity contribution < 1.29 is 9.47 Å². The summed E-state index contributed by atoms with van der Waals surface area (Å²) >= 11 is 0. The van der Waals surface area contributed by atoms with Crippen LogP contribution in [0.25, 0.3) is 0 Å². The van der Waals surface area contributed by atoms with E-state index >= 15 is 0 Å². The van der Waals surface area contributed by atoms with Crippen LogP contribution in [-0.2, 0) is 0 Å². The molecule has 1 aromatic rings. The van der Waals surface area contributed by atoms with Gasteiger partial charge in [-0.05, 0) is 44.1 Å². The maximum atomic E-state index is 5.47. The predicted octanol–water partition coefficient (Wildman–Crippen LogP) is 2.86. The molecule has 0 N–H and O–H groups in total.